The smallest absolute Gasteiger partial charge is 0.253 e. The zero-order chi connectivity index (χ0) is 20.0. The zero-order valence-corrected chi connectivity index (χ0v) is 16.2. The third-order valence-corrected chi connectivity index (χ3v) is 4.36. The molecule has 0 bridgehead atoms. The van der Waals surface area contributed by atoms with E-state index >= 15 is 0 Å². The van der Waals surface area contributed by atoms with Crippen LogP contribution in [0.15, 0.2) is 42.5 Å². The van der Waals surface area contributed by atoms with Crippen LogP contribution in [0.25, 0.3) is 0 Å². The van der Waals surface area contributed by atoms with Crippen molar-refractivity contribution in [3.63, 3.8) is 0 Å². The summed E-state index contributed by atoms with van der Waals surface area (Å²) in [6.45, 7) is 5.13. The molecule has 27 heavy (non-hydrogen) atoms. The van der Waals surface area contributed by atoms with Crippen LogP contribution in [0.2, 0.25) is 5.02 Å². The number of carbonyl (C=O) groups is 3. The Balaban J connectivity index is 1.86. The molecule has 0 unspecified atom stereocenters. The molecule has 0 radical (unpaired) electrons. The van der Waals surface area contributed by atoms with E-state index in [0.717, 1.165) is 16.8 Å². The Morgan fingerprint density at radius 2 is 1.63 bits per heavy atom. The normalized spacial score (nSPS) is 11.4. The summed E-state index contributed by atoms with van der Waals surface area (Å²) in [5.74, 6) is -1.26. The fourth-order valence-corrected chi connectivity index (χ4v) is 2.72. The second-order valence-electron chi connectivity index (χ2n) is 6.21. The van der Waals surface area contributed by atoms with E-state index in [-0.39, 0.29) is 18.0 Å². The molecular weight excluding hydrogens is 366 g/mol. The van der Waals surface area contributed by atoms with Crippen LogP contribution in [0, 0.1) is 13.8 Å². The predicted molar refractivity (Wildman–Crippen MR) is 106 cm³/mol. The lowest BCUT2D eigenvalue weighted by atomic mass is 10.1. The number of benzene rings is 2. The summed E-state index contributed by atoms with van der Waals surface area (Å²) in [5, 5.41) is 8.17. The van der Waals surface area contributed by atoms with E-state index in [2.05, 4.69) is 16.0 Å². The van der Waals surface area contributed by atoms with Gasteiger partial charge in [0.2, 0.25) is 11.8 Å². The van der Waals surface area contributed by atoms with Crippen LogP contribution in [0.3, 0.4) is 0 Å². The van der Waals surface area contributed by atoms with E-state index in [1.54, 1.807) is 24.3 Å². The number of amides is 3. The van der Waals surface area contributed by atoms with Crippen molar-refractivity contribution in [3.8, 4) is 0 Å². The molecule has 3 amide bonds. The molecule has 0 aliphatic carbocycles. The minimum Gasteiger partial charge on any atom is -0.345 e. The fourth-order valence-electron chi connectivity index (χ4n) is 2.50. The van der Waals surface area contributed by atoms with Crippen LogP contribution in [0.1, 0.15) is 28.4 Å². The van der Waals surface area contributed by atoms with Crippen LogP contribution in [0.4, 0.5) is 5.69 Å². The Morgan fingerprint density at radius 1 is 1.00 bits per heavy atom. The van der Waals surface area contributed by atoms with E-state index in [4.69, 9.17) is 11.6 Å². The third-order valence-electron chi connectivity index (χ3n) is 4.03. The molecule has 0 aromatic heterocycles. The number of hydrogen-bond donors (Lipinski definition) is 3. The standard InChI is InChI=1S/C20H22ClN3O3/c1-12-7-6-8-13(2)18(12)24-17(25)11-22-19(26)14(3)23-20(27)15-9-4-5-10-16(15)21/h4-10,14H,11H2,1-3H3,(H,22,26)(H,23,27)(H,24,25)/t14-/m1/s1. The molecule has 0 saturated heterocycles. The van der Waals surface area contributed by atoms with Gasteiger partial charge in [0.15, 0.2) is 0 Å². The van der Waals surface area contributed by atoms with Gasteiger partial charge in [0.05, 0.1) is 17.1 Å². The summed E-state index contributed by atoms with van der Waals surface area (Å²) in [5.41, 5.74) is 2.90. The van der Waals surface area contributed by atoms with Gasteiger partial charge in [-0.2, -0.15) is 0 Å². The molecule has 0 aliphatic heterocycles. The molecule has 2 aromatic rings. The summed E-state index contributed by atoms with van der Waals surface area (Å²) in [4.78, 5) is 36.4. The molecular formula is C20H22ClN3O3. The number of nitrogens with one attached hydrogen (secondary N) is 3. The summed E-state index contributed by atoms with van der Waals surface area (Å²) < 4.78 is 0. The van der Waals surface area contributed by atoms with Crippen molar-refractivity contribution >= 4 is 35.0 Å². The number of para-hydroxylation sites is 1. The predicted octanol–water partition coefficient (Wildman–Crippen LogP) is 2.83. The molecule has 3 N–H and O–H groups in total. The first-order valence-corrected chi connectivity index (χ1v) is 8.86. The summed E-state index contributed by atoms with van der Waals surface area (Å²) in [7, 11) is 0. The molecule has 2 aromatic carbocycles. The second kappa shape index (κ2) is 9.19. The summed E-state index contributed by atoms with van der Waals surface area (Å²) in [6, 6.07) is 11.4. The molecule has 1 atom stereocenters. The van der Waals surface area contributed by atoms with Crippen molar-refractivity contribution < 1.29 is 14.4 Å². The van der Waals surface area contributed by atoms with Gasteiger partial charge in [-0.25, -0.2) is 0 Å². The Hall–Kier alpha value is -2.86. The van der Waals surface area contributed by atoms with Crippen molar-refractivity contribution in [3.05, 3.63) is 64.2 Å². The third kappa shape index (κ3) is 5.56. The Morgan fingerprint density at radius 3 is 2.26 bits per heavy atom. The Labute approximate surface area is 163 Å². The zero-order valence-electron chi connectivity index (χ0n) is 15.4. The maximum Gasteiger partial charge on any atom is 0.253 e. The van der Waals surface area contributed by atoms with Gasteiger partial charge in [0.25, 0.3) is 5.91 Å². The van der Waals surface area contributed by atoms with Gasteiger partial charge in [-0.05, 0) is 44.0 Å². The van der Waals surface area contributed by atoms with E-state index in [9.17, 15) is 14.4 Å². The highest BCUT2D eigenvalue weighted by atomic mass is 35.5. The van der Waals surface area contributed by atoms with Gasteiger partial charge in [-0.1, -0.05) is 41.9 Å². The van der Waals surface area contributed by atoms with Gasteiger partial charge < -0.3 is 16.0 Å². The first-order valence-electron chi connectivity index (χ1n) is 8.48. The molecule has 142 valence electrons. The molecule has 0 spiro atoms. The quantitative estimate of drug-likeness (QED) is 0.712. The summed E-state index contributed by atoms with van der Waals surface area (Å²) in [6.07, 6.45) is 0. The lowest BCUT2D eigenvalue weighted by Gasteiger charge is -2.15. The van der Waals surface area contributed by atoms with E-state index < -0.39 is 17.9 Å². The molecule has 2 rings (SSSR count). The highest BCUT2D eigenvalue weighted by molar-refractivity contribution is 6.33. The van der Waals surface area contributed by atoms with Gasteiger partial charge in [0.1, 0.15) is 6.04 Å². The topological polar surface area (TPSA) is 87.3 Å². The molecule has 0 aliphatic rings. The van der Waals surface area contributed by atoms with Crippen LogP contribution < -0.4 is 16.0 Å². The fraction of sp³-hybridized carbons (Fsp3) is 0.250. The van der Waals surface area contributed by atoms with Gasteiger partial charge in [-0.3, -0.25) is 14.4 Å². The first-order chi connectivity index (χ1) is 12.8. The Bertz CT molecular complexity index is 847. The van der Waals surface area contributed by atoms with Gasteiger partial charge in [0, 0.05) is 5.69 Å². The van der Waals surface area contributed by atoms with Crippen molar-refractivity contribution in [2.45, 2.75) is 26.8 Å². The van der Waals surface area contributed by atoms with Gasteiger partial charge >= 0.3 is 0 Å². The monoisotopic (exact) mass is 387 g/mol. The van der Waals surface area contributed by atoms with Crippen molar-refractivity contribution in [1.82, 2.24) is 10.6 Å². The molecule has 7 heteroatoms. The highest BCUT2D eigenvalue weighted by Gasteiger charge is 2.18. The minimum atomic E-state index is -0.818. The Kier molecular flexibility index (Phi) is 6.96. The average molecular weight is 388 g/mol. The van der Waals surface area contributed by atoms with Crippen LogP contribution in [0.5, 0.6) is 0 Å². The molecule has 0 saturated carbocycles. The number of halogens is 1. The maximum atomic E-state index is 12.2. The number of aryl methyl sites for hydroxylation is 2. The minimum absolute atomic E-state index is 0.196. The van der Waals surface area contributed by atoms with E-state index in [1.807, 2.05) is 32.0 Å². The molecule has 6 nitrogen and oxygen atoms in total. The lowest BCUT2D eigenvalue weighted by molar-refractivity contribution is -0.125. The van der Waals surface area contributed by atoms with Crippen molar-refractivity contribution in [2.75, 3.05) is 11.9 Å². The molecule has 0 fully saturated rings. The van der Waals surface area contributed by atoms with Crippen LogP contribution >= 0.6 is 11.6 Å². The van der Waals surface area contributed by atoms with Gasteiger partial charge in [-0.15, -0.1) is 0 Å². The van der Waals surface area contributed by atoms with Crippen LogP contribution in [-0.2, 0) is 9.59 Å². The second-order valence-corrected chi connectivity index (χ2v) is 6.61. The largest absolute Gasteiger partial charge is 0.345 e. The SMILES string of the molecule is Cc1cccc(C)c1NC(=O)CNC(=O)[C@@H](C)NC(=O)c1ccccc1Cl. The number of anilines is 1. The van der Waals surface area contributed by atoms with E-state index in [1.165, 1.54) is 6.92 Å². The van der Waals surface area contributed by atoms with Crippen molar-refractivity contribution in [2.24, 2.45) is 0 Å². The van der Waals surface area contributed by atoms with E-state index in [0.29, 0.717) is 5.02 Å². The average Bonchev–Trinajstić information content (AvgIpc) is 2.63. The highest BCUT2D eigenvalue weighted by Crippen LogP contribution is 2.19. The number of hydrogen-bond acceptors (Lipinski definition) is 3. The number of rotatable bonds is 6. The van der Waals surface area contributed by atoms with Crippen molar-refractivity contribution in [1.29, 1.82) is 0 Å². The van der Waals surface area contributed by atoms with Crippen LogP contribution in [-0.4, -0.2) is 30.3 Å². The summed E-state index contributed by atoms with van der Waals surface area (Å²) >= 11 is 5.97. The lowest BCUT2D eigenvalue weighted by Crippen LogP contribution is -2.46. The number of carbonyl (C=O) groups excluding carboxylic acids is 3. The maximum absolute atomic E-state index is 12.2. The first kappa shape index (κ1) is 20.5. The molecule has 0 heterocycles.